The van der Waals surface area contributed by atoms with Gasteiger partial charge >= 0.3 is 0 Å². The fraction of sp³-hybridized carbons (Fsp3) is 0.158. The van der Waals surface area contributed by atoms with Crippen LogP contribution in [0.1, 0.15) is 21.5 Å². The maximum atomic E-state index is 12.4. The Hall–Kier alpha value is -3.06. The molecule has 0 amide bonds. The Bertz CT molecular complexity index is 831. The molecule has 3 rings (SSSR count). The van der Waals surface area contributed by atoms with Gasteiger partial charge in [0, 0.05) is 17.6 Å². The smallest absolute Gasteiger partial charge is 0.189 e. The summed E-state index contributed by atoms with van der Waals surface area (Å²) in [6.07, 6.45) is 2.52. The number of nitrogens with zero attached hydrogens (tertiary/aromatic N) is 1. The Labute approximate surface area is 134 Å². The lowest BCUT2D eigenvalue weighted by Crippen LogP contribution is -1.98. The Kier molecular flexibility index (Phi) is 4.11. The molecule has 0 saturated heterocycles. The van der Waals surface area contributed by atoms with Gasteiger partial charge in [-0.15, -0.1) is 0 Å². The second-order valence-electron chi connectivity index (χ2n) is 5.19. The highest BCUT2D eigenvalue weighted by Gasteiger charge is 2.23. The van der Waals surface area contributed by atoms with Crippen molar-refractivity contribution in [1.29, 1.82) is 5.26 Å². The van der Waals surface area contributed by atoms with E-state index in [9.17, 15) is 4.79 Å². The second kappa shape index (κ2) is 6.37. The highest BCUT2D eigenvalue weighted by molar-refractivity contribution is 6.15. The fourth-order valence-corrected chi connectivity index (χ4v) is 2.68. The first-order valence-electron chi connectivity index (χ1n) is 7.24. The molecule has 23 heavy (non-hydrogen) atoms. The number of methoxy groups -OCH3 is 1. The maximum absolute atomic E-state index is 12.4. The topological polar surface area (TPSA) is 59.3 Å². The first-order chi connectivity index (χ1) is 11.2. The minimum atomic E-state index is -0.0371. The predicted octanol–water partition coefficient (Wildman–Crippen LogP) is 3.42. The molecule has 2 aromatic rings. The molecule has 1 aliphatic rings. The molecule has 0 N–H and O–H groups in total. The van der Waals surface area contributed by atoms with Crippen molar-refractivity contribution in [3.05, 3.63) is 64.7 Å². The average molecular weight is 305 g/mol. The van der Waals surface area contributed by atoms with E-state index in [4.69, 9.17) is 14.7 Å². The minimum Gasteiger partial charge on any atom is -0.493 e. The number of nitriles is 1. The molecule has 2 aromatic carbocycles. The largest absolute Gasteiger partial charge is 0.493 e. The molecule has 0 aliphatic heterocycles. The van der Waals surface area contributed by atoms with Crippen molar-refractivity contribution in [2.45, 2.75) is 6.42 Å². The number of Topliss-reactive ketones (excluding diaryl/α,β-unsaturated/α-hetero) is 1. The quantitative estimate of drug-likeness (QED) is 0.812. The van der Waals surface area contributed by atoms with Crippen molar-refractivity contribution >= 4 is 11.9 Å². The maximum Gasteiger partial charge on any atom is 0.189 e. The van der Waals surface area contributed by atoms with Crippen molar-refractivity contribution in [1.82, 2.24) is 0 Å². The molecule has 0 spiro atoms. The van der Waals surface area contributed by atoms with E-state index in [-0.39, 0.29) is 12.4 Å². The van der Waals surface area contributed by atoms with Crippen molar-refractivity contribution in [3.8, 4) is 17.6 Å². The number of carbonyl (C=O) groups excluding carboxylic acids is 1. The first kappa shape index (κ1) is 14.9. The molecule has 0 atom stereocenters. The SMILES string of the molecule is COc1cc(C=C2Cc3ccccc3C2=O)ccc1OCC#N. The Morgan fingerprint density at radius 2 is 2.04 bits per heavy atom. The molecular weight excluding hydrogens is 290 g/mol. The van der Waals surface area contributed by atoms with Crippen molar-refractivity contribution in [2.75, 3.05) is 13.7 Å². The van der Waals surface area contributed by atoms with Gasteiger partial charge in [0.15, 0.2) is 23.9 Å². The third kappa shape index (κ3) is 2.95. The Morgan fingerprint density at radius 3 is 2.78 bits per heavy atom. The van der Waals surface area contributed by atoms with E-state index in [1.54, 1.807) is 19.2 Å². The van der Waals surface area contributed by atoms with Crippen LogP contribution in [0.15, 0.2) is 48.0 Å². The summed E-state index contributed by atoms with van der Waals surface area (Å²) in [4.78, 5) is 12.4. The number of fused-ring (bicyclic) bond motifs is 1. The van der Waals surface area contributed by atoms with Crippen LogP contribution in [0.5, 0.6) is 11.5 Å². The molecule has 0 aromatic heterocycles. The molecule has 0 radical (unpaired) electrons. The number of rotatable bonds is 4. The lowest BCUT2D eigenvalue weighted by Gasteiger charge is -2.09. The van der Waals surface area contributed by atoms with Crippen LogP contribution in [-0.2, 0) is 6.42 Å². The Morgan fingerprint density at radius 1 is 1.22 bits per heavy atom. The third-order valence-corrected chi connectivity index (χ3v) is 3.76. The number of ether oxygens (including phenoxy) is 2. The van der Waals surface area contributed by atoms with Crippen LogP contribution in [0.25, 0.3) is 6.08 Å². The lowest BCUT2D eigenvalue weighted by atomic mass is 10.1. The number of benzene rings is 2. The fourth-order valence-electron chi connectivity index (χ4n) is 2.68. The predicted molar refractivity (Wildman–Crippen MR) is 86.6 cm³/mol. The monoisotopic (exact) mass is 305 g/mol. The van der Waals surface area contributed by atoms with Crippen LogP contribution in [0.2, 0.25) is 0 Å². The number of hydrogen-bond acceptors (Lipinski definition) is 4. The molecule has 0 fully saturated rings. The normalized spacial score (nSPS) is 14.4. The van der Waals surface area contributed by atoms with Gasteiger partial charge in [0.2, 0.25) is 0 Å². The van der Waals surface area contributed by atoms with Gasteiger partial charge < -0.3 is 9.47 Å². The van der Waals surface area contributed by atoms with Gasteiger partial charge in [0.1, 0.15) is 6.07 Å². The standard InChI is InChI=1S/C19H15NO3/c1-22-18-11-13(6-7-17(18)23-9-8-20)10-15-12-14-4-2-3-5-16(14)19(15)21/h2-7,10-11H,9,12H2,1H3. The highest BCUT2D eigenvalue weighted by Crippen LogP contribution is 2.31. The second-order valence-corrected chi connectivity index (χ2v) is 5.19. The van der Waals surface area contributed by atoms with Gasteiger partial charge in [-0.1, -0.05) is 30.3 Å². The lowest BCUT2D eigenvalue weighted by molar-refractivity contribution is 0.104. The summed E-state index contributed by atoms with van der Waals surface area (Å²) in [6, 6.07) is 15.0. The Balaban J connectivity index is 1.89. The summed E-state index contributed by atoms with van der Waals surface area (Å²) in [6.45, 7) is -0.0371. The summed E-state index contributed by atoms with van der Waals surface area (Å²) in [5.41, 5.74) is 3.46. The van der Waals surface area contributed by atoms with E-state index >= 15 is 0 Å². The third-order valence-electron chi connectivity index (χ3n) is 3.76. The molecule has 0 bridgehead atoms. The van der Waals surface area contributed by atoms with Gasteiger partial charge in [-0.05, 0) is 29.3 Å². The number of ketones is 1. The molecule has 0 unspecified atom stereocenters. The molecule has 0 saturated carbocycles. The van der Waals surface area contributed by atoms with Crippen LogP contribution in [0, 0.1) is 11.3 Å². The summed E-state index contributed by atoms with van der Waals surface area (Å²) in [5.74, 6) is 1.12. The molecule has 0 heterocycles. The number of carbonyl (C=O) groups is 1. The van der Waals surface area contributed by atoms with E-state index in [0.717, 1.165) is 22.3 Å². The van der Waals surface area contributed by atoms with Gasteiger partial charge in [-0.2, -0.15) is 5.26 Å². The summed E-state index contributed by atoms with van der Waals surface area (Å²) >= 11 is 0. The van der Waals surface area contributed by atoms with Crippen LogP contribution < -0.4 is 9.47 Å². The molecule has 4 nitrogen and oxygen atoms in total. The van der Waals surface area contributed by atoms with Crippen molar-refractivity contribution in [2.24, 2.45) is 0 Å². The first-order valence-corrected chi connectivity index (χ1v) is 7.24. The van der Waals surface area contributed by atoms with Crippen LogP contribution in [0.4, 0.5) is 0 Å². The van der Waals surface area contributed by atoms with Crippen molar-refractivity contribution < 1.29 is 14.3 Å². The summed E-state index contributed by atoms with van der Waals surface area (Å²) in [7, 11) is 1.54. The van der Waals surface area contributed by atoms with E-state index in [1.165, 1.54) is 0 Å². The summed E-state index contributed by atoms with van der Waals surface area (Å²) in [5, 5.41) is 8.59. The van der Waals surface area contributed by atoms with Gasteiger partial charge in [-0.3, -0.25) is 4.79 Å². The molecule has 4 heteroatoms. The van der Waals surface area contributed by atoms with Crippen LogP contribution >= 0.6 is 0 Å². The number of hydrogen-bond donors (Lipinski definition) is 0. The molecule has 1 aliphatic carbocycles. The van der Waals surface area contributed by atoms with E-state index in [0.29, 0.717) is 17.9 Å². The van der Waals surface area contributed by atoms with Crippen LogP contribution in [0.3, 0.4) is 0 Å². The average Bonchev–Trinajstić information content (AvgIpc) is 2.90. The molecular formula is C19H15NO3. The highest BCUT2D eigenvalue weighted by atomic mass is 16.5. The minimum absolute atomic E-state index is 0.0371. The zero-order valence-electron chi connectivity index (χ0n) is 12.7. The van der Waals surface area contributed by atoms with E-state index in [2.05, 4.69) is 0 Å². The van der Waals surface area contributed by atoms with Gasteiger partial charge in [0.05, 0.1) is 7.11 Å². The van der Waals surface area contributed by atoms with Gasteiger partial charge in [-0.25, -0.2) is 0 Å². The molecule has 114 valence electrons. The zero-order valence-corrected chi connectivity index (χ0v) is 12.7. The van der Waals surface area contributed by atoms with E-state index in [1.807, 2.05) is 42.5 Å². The summed E-state index contributed by atoms with van der Waals surface area (Å²) < 4.78 is 10.6. The number of allylic oxidation sites excluding steroid dienone is 1. The zero-order chi connectivity index (χ0) is 16.2. The van der Waals surface area contributed by atoms with Gasteiger partial charge in [0.25, 0.3) is 0 Å². The van der Waals surface area contributed by atoms with E-state index < -0.39 is 0 Å². The van der Waals surface area contributed by atoms with Crippen LogP contribution in [-0.4, -0.2) is 19.5 Å². The van der Waals surface area contributed by atoms with Crippen molar-refractivity contribution in [3.63, 3.8) is 0 Å².